The first kappa shape index (κ1) is 12.9. The third-order valence-electron chi connectivity index (χ3n) is 1.98. The molecule has 0 spiro atoms. The predicted molar refractivity (Wildman–Crippen MR) is 61.7 cm³/mol. The van der Waals surface area contributed by atoms with E-state index in [1.54, 1.807) is 18.2 Å². The first-order valence-corrected chi connectivity index (χ1v) is 5.00. The first-order valence-electron chi connectivity index (χ1n) is 5.00. The third kappa shape index (κ3) is 4.06. The number of rotatable bonds is 4. The Morgan fingerprint density at radius 3 is 2.59 bits per heavy atom. The summed E-state index contributed by atoms with van der Waals surface area (Å²) in [6, 6.07) is 6.32. The predicted octanol–water partition coefficient (Wildman–Crippen LogP) is 1.39. The lowest BCUT2D eigenvalue weighted by atomic mass is 10.2. The van der Waals surface area contributed by atoms with Crippen LogP contribution in [-0.4, -0.2) is 24.8 Å². The molecule has 5 heteroatoms. The van der Waals surface area contributed by atoms with Gasteiger partial charge in [-0.25, -0.2) is 4.79 Å². The zero-order valence-electron chi connectivity index (χ0n) is 9.65. The largest absolute Gasteiger partial charge is 0.465 e. The van der Waals surface area contributed by atoms with Crippen LogP contribution in [0, 0.1) is 0 Å². The molecule has 17 heavy (non-hydrogen) atoms. The van der Waals surface area contributed by atoms with Crippen molar-refractivity contribution in [3.63, 3.8) is 0 Å². The van der Waals surface area contributed by atoms with Gasteiger partial charge in [0.05, 0.1) is 19.1 Å². The molecule has 0 fully saturated rings. The van der Waals surface area contributed by atoms with Gasteiger partial charge in [-0.2, -0.15) is 0 Å². The topological polar surface area (TPSA) is 72.5 Å². The molecule has 0 aliphatic rings. The molecule has 0 saturated heterocycles. The maximum Gasteiger partial charge on any atom is 0.337 e. The summed E-state index contributed by atoms with van der Waals surface area (Å²) >= 11 is 0. The van der Waals surface area contributed by atoms with Crippen molar-refractivity contribution in [2.24, 2.45) is 0 Å². The van der Waals surface area contributed by atoms with E-state index in [4.69, 9.17) is 0 Å². The quantitative estimate of drug-likeness (QED) is 0.632. The van der Waals surface area contributed by atoms with E-state index in [-0.39, 0.29) is 12.2 Å². The molecule has 0 radical (unpaired) electrons. The molecule has 1 aromatic carbocycles. The molecule has 1 rings (SSSR count). The average Bonchev–Trinajstić information content (AvgIpc) is 2.27. The highest BCUT2D eigenvalue weighted by Gasteiger charge is 2.08. The Bertz CT molecular complexity index is 454. The molecule has 0 saturated carbocycles. The van der Waals surface area contributed by atoms with Crippen LogP contribution >= 0.6 is 0 Å². The van der Waals surface area contributed by atoms with Crippen molar-refractivity contribution >= 4 is 23.3 Å². The Morgan fingerprint density at radius 1 is 1.29 bits per heavy atom. The second-order valence-electron chi connectivity index (χ2n) is 3.50. The number of carbonyl (C=O) groups excluding carboxylic acids is 3. The minimum Gasteiger partial charge on any atom is -0.465 e. The number of esters is 1. The van der Waals surface area contributed by atoms with Crippen LogP contribution in [0.4, 0.5) is 5.69 Å². The van der Waals surface area contributed by atoms with Gasteiger partial charge in [-0.05, 0) is 25.1 Å². The van der Waals surface area contributed by atoms with Gasteiger partial charge in [0.25, 0.3) is 0 Å². The molecule has 0 heterocycles. The number of Topliss-reactive ketones (excluding diaryl/α,β-unsaturated/α-hetero) is 1. The van der Waals surface area contributed by atoms with Crippen LogP contribution in [0.5, 0.6) is 0 Å². The molecule has 90 valence electrons. The lowest BCUT2D eigenvalue weighted by Gasteiger charge is -2.05. The van der Waals surface area contributed by atoms with Crippen LogP contribution in [-0.2, 0) is 14.3 Å². The molecule has 1 N–H and O–H groups in total. The number of anilines is 1. The summed E-state index contributed by atoms with van der Waals surface area (Å²) in [6.07, 6.45) is -0.178. The average molecular weight is 235 g/mol. The van der Waals surface area contributed by atoms with Crippen molar-refractivity contribution in [2.75, 3.05) is 12.4 Å². The van der Waals surface area contributed by atoms with Crippen molar-refractivity contribution in [1.82, 2.24) is 0 Å². The first-order chi connectivity index (χ1) is 8.02. The van der Waals surface area contributed by atoms with E-state index in [1.807, 2.05) is 0 Å². The SMILES string of the molecule is COC(=O)c1cccc(NC(=O)CC(C)=O)c1. The maximum atomic E-state index is 11.3. The van der Waals surface area contributed by atoms with Crippen LogP contribution in [0.2, 0.25) is 0 Å². The summed E-state index contributed by atoms with van der Waals surface area (Å²) in [5.41, 5.74) is 0.798. The van der Waals surface area contributed by atoms with Crippen molar-refractivity contribution in [2.45, 2.75) is 13.3 Å². The lowest BCUT2D eigenvalue weighted by Crippen LogP contribution is -2.15. The highest BCUT2D eigenvalue weighted by molar-refractivity contribution is 6.04. The van der Waals surface area contributed by atoms with Crippen molar-refractivity contribution in [3.05, 3.63) is 29.8 Å². The number of ketones is 1. The van der Waals surface area contributed by atoms with E-state index in [9.17, 15) is 14.4 Å². The molecule has 0 aliphatic heterocycles. The summed E-state index contributed by atoms with van der Waals surface area (Å²) in [6.45, 7) is 1.34. The Balaban J connectivity index is 2.75. The fraction of sp³-hybridized carbons (Fsp3) is 0.250. The minimum absolute atomic E-state index is 0.178. The summed E-state index contributed by atoms with van der Waals surface area (Å²) < 4.78 is 4.56. The number of hydrogen-bond donors (Lipinski definition) is 1. The van der Waals surface area contributed by atoms with Gasteiger partial charge in [0.15, 0.2) is 0 Å². The molecule has 0 aromatic heterocycles. The number of carbonyl (C=O) groups is 3. The van der Waals surface area contributed by atoms with Gasteiger partial charge in [0.1, 0.15) is 5.78 Å². The monoisotopic (exact) mass is 235 g/mol. The lowest BCUT2D eigenvalue weighted by molar-refractivity contribution is -0.124. The van der Waals surface area contributed by atoms with Crippen LogP contribution in [0.3, 0.4) is 0 Å². The second kappa shape index (κ2) is 5.79. The van der Waals surface area contributed by atoms with Gasteiger partial charge in [0.2, 0.25) is 5.91 Å². The molecule has 1 aromatic rings. The number of nitrogens with one attached hydrogen (secondary N) is 1. The summed E-state index contributed by atoms with van der Waals surface area (Å²) in [5.74, 6) is -1.10. The van der Waals surface area contributed by atoms with E-state index in [2.05, 4.69) is 10.1 Å². The van der Waals surface area contributed by atoms with Crippen LogP contribution in [0.15, 0.2) is 24.3 Å². The van der Waals surface area contributed by atoms with Crippen LogP contribution in [0.1, 0.15) is 23.7 Å². The van der Waals surface area contributed by atoms with Crippen molar-refractivity contribution in [1.29, 1.82) is 0 Å². The van der Waals surface area contributed by atoms with Gasteiger partial charge in [0, 0.05) is 5.69 Å². The Hall–Kier alpha value is -2.17. The zero-order valence-corrected chi connectivity index (χ0v) is 9.65. The molecule has 5 nitrogen and oxygen atoms in total. The zero-order chi connectivity index (χ0) is 12.8. The third-order valence-corrected chi connectivity index (χ3v) is 1.98. The van der Waals surface area contributed by atoms with E-state index in [1.165, 1.54) is 20.1 Å². The second-order valence-corrected chi connectivity index (χ2v) is 3.50. The number of amides is 1. The maximum absolute atomic E-state index is 11.3. The van der Waals surface area contributed by atoms with E-state index < -0.39 is 11.9 Å². The van der Waals surface area contributed by atoms with Gasteiger partial charge < -0.3 is 10.1 Å². The van der Waals surface area contributed by atoms with Crippen LogP contribution in [0.25, 0.3) is 0 Å². The molecule has 0 bridgehead atoms. The number of hydrogen-bond acceptors (Lipinski definition) is 4. The van der Waals surface area contributed by atoms with Gasteiger partial charge in [-0.1, -0.05) is 6.07 Å². The van der Waals surface area contributed by atoms with E-state index in [0.29, 0.717) is 11.3 Å². The molecule has 0 atom stereocenters. The Morgan fingerprint density at radius 2 is 2.00 bits per heavy atom. The van der Waals surface area contributed by atoms with Crippen molar-refractivity contribution < 1.29 is 19.1 Å². The standard InChI is InChI=1S/C12H13NO4/c1-8(14)6-11(15)13-10-5-3-4-9(7-10)12(16)17-2/h3-5,7H,6H2,1-2H3,(H,13,15). The Kier molecular flexibility index (Phi) is 4.39. The number of methoxy groups -OCH3 is 1. The number of benzene rings is 1. The highest BCUT2D eigenvalue weighted by Crippen LogP contribution is 2.11. The Labute approximate surface area is 98.8 Å². The van der Waals surface area contributed by atoms with Gasteiger partial charge in [-0.3, -0.25) is 9.59 Å². The fourth-order valence-corrected chi connectivity index (χ4v) is 1.27. The molecule has 0 unspecified atom stereocenters. The summed E-state index contributed by atoms with van der Waals surface area (Å²) in [4.78, 5) is 33.3. The van der Waals surface area contributed by atoms with Gasteiger partial charge >= 0.3 is 5.97 Å². The fourth-order valence-electron chi connectivity index (χ4n) is 1.27. The summed E-state index contributed by atoms with van der Waals surface area (Å²) in [7, 11) is 1.28. The smallest absolute Gasteiger partial charge is 0.337 e. The van der Waals surface area contributed by atoms with E-state index >= 15 is 0 Å². The normalized spacial score (nSPS) is 9.53. The van der Waals surface area contributed by atoms with E-state index in [0.717, 1.165) is 0 Å². The van der Waals surface area contributed by atoms with Crippen LogP contribution < -0.4 is 5.32 Å². The number of ether oxygens (including phenoxy) is 1. The molecule has 1 amide bonds. The molecular weight excluding hydrogens is 222 g/mol. The molecule has 0 aliphatic carbocycles. The summed E-state index contributed by atoms with van der Waals surface area (Å²) in [5, 5.41) is 2.53. The van der Waals surface area contributed by atoms with Gasteiger partial charge in [-0.15, -0.1) is 0 Å². The highest BCUT2D eigenvalue weighted by atomic mass is 16.5. The minimum atomic E-state index is -0.479. The van der Waals surface area contributed by atoms with Crippen molar-refractivity contribution in [3.8, 4) is 0 Å². The molecular formula is C12H13NO4.